The molecule has 5 heterocycles. The molecule has 2 amide bonds. The van der Waals surface area contributed by atoms with Gasteiger partial charge >= 0.3 is 12.2 Å². The molecule has 3 fully saturated rings. The van der Waals surface area contributed by atoms with Crippen LogP contribution in [0, 0.1) is 0 Å². The number of fused-ring (bicyclic) bond motifs is 2. The second kappa shape index (κ2) is 12.4. The van der Waals surface area contributed by atoms with Crippen molar-refractivity contribution < 1.29 is 19.1 Å². The number of likely N-dealkylation sites (tertiary alicyclic amines) is 2. The van der Waals surface area contributed by atoms with E-state index in [1.165, 1.54) is 0 Å². The molecule has 0 bridgehead atoms. The Morgan fingerprint density at radius 1 is 0.714 bits per heavy atom. The Balaban J connectivity index is 1.03. The van der Waals surface area contributed by atoms with Crippen molar-refractivity contribution >= 4 is 45.6 Å². The second-order valence-electron chi connectivity index (χ2n) is 15.8. The van der Waals surface area contributed by atoms with Crippen molar-refractivity contribution in [2.45, 2.75) is 103 Å². The van der Waals surface area contributed by atoms with Gasteiger partial charge in [-0.25, -0.2) is 19.6 Å². The van der Waals surface area contributed by atoms with E-state index in [0.717, 1.165) is 90.4 Å². The van der Waals surface area contributed by atoms with Gasteiger partial charge in [0.25, 0.3) is 0 Å². The van der Waals surface area contributed by atoms with Gasteiger partial charge in [0.15, 0.2) is 0 Å². The summed E-state index contributed by atoms with van der Waals surface area (Å²) < 4.78 is 11.4. The van der Waals surface area contributed by atoms with E-state index >= 15 is 0 Å². The molecule has 0 spiro atoms. The zero-order valence-corrected chi connectivity index (χ0v) is 29.9. The summed E-state index contributed by atoms with van der Waals surface area (Å²) in [5, 5.41) is 0. The van der Waals surface area contributed by atoms with Crippen molar-refractivity contribution in [2.75, 3.05) is 42.5 Å². The summed E-state index contributed by atoms with van der Waals surface area (Å²) in [6, 6.07) is 12.9. The highest BCUT2D eigenvalue weighted by Crippen LogP contribution is 2.36. The first-order valence-corrected chi connectivity index (χ1v) is 17.7. The molecule has 3 atom stereocenters. The third-order valence-corrected chi connectivity index (χ3v) is 9.68. The number of aromatic amines is 2. The number of ether oxygens (including phenoxy) is 2. The van der Waals surface area contributed by atoms with E-state index in [0.29, 0.717) is 13.1 Å². The summed E-state index contributed by atoms with van der Waals surface area (Å²) >= 11 is 0. The summed E-state index contributed by atoms with van der Waals surface area (Å²) in [5.74, 6) is 1.63. The molecule has 7 rings (SSSR count). The molecule has 3 saturated heterocycles. The quantitative estimate of drug-likeness (QED) is 0.232. The predicted octanol–water partition coefficient (Wildman–Crippen LogP) is 7.30. The van der Waals surface area contributed by atoms with Gasteiger partial charge in [0, 0.05) is 50.1 Å². The van der Waals surface area contributed by atoms with Gasteiger partial charge in [-0.1, -0.05) is 0 Å². The Labute approximate surface area is 288 Å². The van der Waals surface area contributed by atoms with Gasteiger partial charge in [-0.3, -0.25) is 9.80 Å². The standard InChI is InChI=1S/C37H50N8O4/c1-23-22-42(24-12-14-26-28(20-24)40-32(38-26)30-10-8-16-44(30)34(46)48-36(2,3)4)18-19-43(23)25-13-15-27-29(21-25)41-33(39-27)31-11-9-17-45(31)35(47)49-37(5,6)7/h12-15,20-21,23,30-31H,8-11,16-19,22H2,1-7H3,(H,38,40)(H,39,41)/t23-,30+,31+/m1/s1. The average molecular weight is 671 g/mol. The van der Waals surface area contributed by atoms with E-state index < -0.39 is 11.2 Å². The van der Waals surface area contributed by atoms with E-state index in [1.807, 2.05) is 41.5 Å². The number of anilines is 2. The molecule has 2 aromatic heterocycles. The Morgan fingerprint density at radius 3 is 1.69 bits per heavy atom. The molecule has 49 heavy (non-hydrogen) atoms. The first-order chi connectivity index (χ1) is 23.2. The van der Waals surface area contributed by atoms with Crippen LogP contribution in [0.25, 0.3) is 22.1 Å². The van der Waals surface area contributed by atoms with E-state index in [4.69, 9.17) is 19.4 Å². The minimum absolute atomic E-state index is 0.111. The number of rotatable bonds is 4. The van der Waals surface area contributed by atoms with Crippen molar-refractivity contribution in [3.63, 3.8) is 0 Å². The summed E-state index contributed by atoms with van der Waals surface area (Å²) in [6.45, 7) is 17.6. The Kier molecular flexibility index (Phi) is 8.39. The van der Waals surface area contributed by atoms with Crippen molar-refractivity contribution in [3.8, 4) is 0 Å². The zero-order chi connectivity index (χ0) is 34.7. The molecular weight excluding hydrogens is 620 g/mol. The van der Waals surface area contributed by atoms with Crippen LogP contribution in [0.3, 0.4) is 0 Å². The summed E-state index contributed by atoms with van der Waals surface area (Å²) in [4.78, 5) is 51.2. The smallest absolute Gasteiger partial charge is 0.410 e. The minimum Gasteiger partial charge on any atom is -0.444 e. The van der Waals surface area contributed by atoms with E-state index in [9.17, 15) is 9.59 Å². The number of amides is 2. The fourth-order valence-electron chi connectivity index (χ4n) is 7.48. The third kappa shape index (κ3) is 6.87. The molecule has 262 valence electrons. The third-order valence-electron chi connectivity index (χ3n) is 9.68. The van der Waals surface area contributed by atoms with Gasteiger partial charge in [-0.05, 0) is 111 Å². The van der Waals surface area contributed by atoms with Crippen molar-refractivity contribution in [3.05, 3.63) is 48.0 Å². The molecular formula is C37H50N8O4. The highest BCUT2D eigenvalue weighted by Gasteiger charge is 2.36. The van der Waals surface area contributed by atoms with Gasteiger partial charge in [-0.2, -0.15) is 0 Å². The van der Waals surface area contributed by atoms with Crippen LogP contribution >= 0.6 is 0 Å². The number of hydrogen-bond donors (Lipinski definition) is 2. The molecule has 0 aliphatic carbocycles. The molecule has 0 radical (unpaired) electrons. The number of aromatic nitrogens is 4. The summed E-state index contributed by atoms with van der Waals surface area (Å²) in [5.41, 5.74) is 5.00. The number of H-pyrrole nitrogens is 2. The van der Waals surface area contributed by atoms with Crippen LogP contribution in [-0.4, -0.2) is 91.9 Å². The second-order valence-corrected chi connectivity index (χ2v) is 15.8. The number of piperazine rings is 1. The van der Waals surface area contributed by atoms with Gasteiger partial charge < -0.3 is 29.2 Å². The van der Waals surface area contributed by atoms with Crippen molar-refractivity contribution in [1.82, 2.24) is 29.7 Å². The van der Waals surface area contributed by atoms with Crippen LogP contribution < -0.4 is 9.80 Å². The zero-order valence-electron chi connectivity index (χ0n) is 29.9. The number of carbonyl (C=O) groups excluding carboxylic acids is 2. The van der Waals surface area contributed by atoms with Crippen LogP contribution in [0.15, 0.2) is 36.4 Å². The fraction of sp³-hybridized carbons (Fsp3) is 0.568. The number of hydrogen-bond acceptors (Lipinski definition) is 8. The first-order valence-electron chi connectivity index (χ1n) is 17.7. The normalized spacial score (nSPS) is 22.1. The number of benzene rings is 2. The van der Waals surface area contributed by atoms with Gasteiger partial charge in [0.2, 0.25) is 0 Å². The SMILES string of the molecule is C[C@@H]1CN(c2ccc3nc([C@@H]4CCCN4C(=O)OC(C)(C)C)[nH]c3c2)CCN1c1ccc2nc([C@@H]3CCCN3C(=O)OC(C)(C)C)[nH]c2c1. The van der Waals surface area contributed by atoms with E-state index in [1.54, 1.807) is 9.80 Å². The van der Waals surface area contributed by atoms with Crippen LogP contribution in [0.4, 0.5) is 21.0 Å². The molecule has 2 N–H and O–H groups in total. The molecule has 12 nitrogen and oxygen atoms in total. The number of carbonyl (C=O) groups is 2. The van der Waals surface area contributed by atoms with Crippen LogP contribution in [-0.2, 0) is 9.47 Å². The van der Waals surface area contributed by atoms with Gasteiger partial charge in [-0.15, -0.1) is 0 Å². The molecule has 3 aliphatic heterocycles. The maximum atomic E-state index is 12.9. The maximum Gasteiger partial charge on any atom is 0.410 e. The minimum atomic E-state index is -0.536. The van der Waals surface area contributed by atoms with Crippen molar-refractivity contribution in [2.24, 2.45) is 0 Å². The molecule has 0 unspecified atom stereocenters. The first kappa shape index (κ1) is 33.0. The highest BCUT2D eigenvalue weighted by molar-refractivity contribution is 5.82. The lowest BCUT2D eigenvalue weighted by Crippen LogP contribution is -2.52. The van der Waals surface area contributed by atoms with Gasteiger partial charge in [0.05, 0.1) is 34.2 Å². The molecule has 3 aliphatic rings. The van der Waals surface area contributed by atoms with E-state index in [2.05, 4.69) is 63.1 Å². The van der Waals surface area contributed by atoms with Crippen LogP contribution in [0.5, 0.6) is 0 Å². The molecule has 12 heteroatoms. The van der Waals surface area contributed by atoms with Crippen LogP contribution in [0.2, 0.25) is 0 Å². The average Bonchev–Trinajstić information content (AvgIpc) is 3.83. The van der Waals surface area contributed by atoms with E-state index in [-0.39, 0.29) is 30.3 Å². The monoisotopic (exact) mass is 670 g/mol. The number of imidazole rings is 2. The lowest BCUT2D eigenvalue weighted by molar-refractivity contribution is 0.0208. The number of nitrogens with zero attached hydrogens (tertiary/aromatic N) is 6. The number of nitrogens with one attached hydrogen (secondary N) is 2. The van der Waals surface area contributed by atoms with Crippen LogP contribution in [0.1, 0.15) is 97.9 Å². The Hall–Kier alpha value is -4.48. The highest BCUT2D eigenvalue weighted by atomic mass is 16.6. The Bertz CT molecular complexity index is 1850. The predicted molar refractivity (Wildman–Crippen MR) is 191 cm³/mol. The topological polar surface area (TPSA) is 123 Å². The molecule has 4 aromatic rings. The molecule has 0 saturated carbocycles. The molecule has 2 aromatic carbocycles. The maximum absolute atomic E-state index is 12.9. The fourth-order valence-corrected chi connectivity index (χ4v) is 7.48. The largest absolute Gasteiger partial charge is 0.444 e. The lowest BCUT2D eigenvalue weighted by atomic mass is 10.1. The summed E-state index contributed by atoms with van der Waals surface area (Å²) in [6.07, 6.45) is 3.01. The lowest BCUT2D eigenvalue weighted by Gasteiger charge is -2.42. The summed E-state index contributed by atoms with van der Waals surface area (Å²) in [7, 11) is 0. The van der Waals surface area contributed by atoms with Crippen molar-refractivity contribution in [1.29, 1.82) is 0 Å². The van der Waals surface area contributed by atoms with Gasteiger partial charge in [0.1, 0.15) is 22.9 Å². The Morgan fingerprint density at radius 2 is 1.20 bits per heavy atom.